The second-order valence-corrected chi connectivity index (χ2v) is 6.39. The van der Waals surface area contributed by atoms with Gasteiger partial charge in [0.25, 0.3) is 0 Å². The Morgan fingerprint density at radius 1 is 1.17 bits per heavy atom. The van der Waals surface area contributed by atoms with Crippen LogP contribution in [0.25, 0.3) is 21.9 Å². The molecule has 1 aromatic heterocycles. The normalized spacial score (nSPS) is 11.2. The Morgan fingerprint density at radius 2 is 1.96 bits per heavy atom. The molecule has 0 atom stereocenters. The lowest BCUT2D eigenvalue weighted by atomic mass is 9.98. The molecule has 3 aromatic rings. The van der Waals surface area contributed by atoms with Crippen molar-refractivity contribution in [3.05, 3.63) is 59.0 Å². The Labute approximate surface area is 140 Å². The summed E-state index contributed by atoms with van der Waals surface area (Å²) >= 11 is 6.45. The molecule has 2 aromatic carbocycles. The van der Waals surface area contributed by atoms with Crippen LogP contribution >= 0.6 is 11.6 Å². The Hall–Kier alpha value is -2.13. The number of aryl methyl sites for hydroxylation is 1. The fourth-order valence-electron chi connectivity index (χ4n) is 2.73. The van der Waals surface area contributed by atoms with Crippen molar-refractivity contribution in [2.75, 3.05) is 5.32 Å². The second kappa shape index (κ2) is 6.17. The quantitative estimate of drug-likeness (QED) is 0.655. The average molecular weight is 329 g/mol. The summed E-state index contributed by atoms with van der Waals surface area (Å²) in [5.41, 5.74) is 2.23. The fraction of sp³-hybridized carbons (Fsp3) is 0.211. The van der Waals surface area contributed by atoms with Gasteiger partial charge in [0, 0.05) is 33.6 Å². The molecule has 2 nitrogen and oxygen atoms in total. The third kappa shape index (κ3) is 3.15. The SMILES string of the molecule is Cc1cccc(F)c1-c1cc(Cl)c2cc(NC(C)C)ncc2c1. The van der Waals surface area contributed by atoms with E-state index in [4.69, 9.17) is 11.6 Å². The van der Waals surface area contributed by atoms with Gasteiger partial charge < -0.3 is 5.32 Å². The zero-order chi connectivity index (χ0) is 16.6. The number of rotatable bonds is 3. The molecule has 0 spiro atoms. The van der Waals surface area contributed by atoms with Crippen molar-refractivity contribution >= 4 is 28.2 Å². The summed E-state index contributed by atoms with van der Waals surface area (Å²) in [6.07, 6.45) is 1.77. The molecular weight excluding hydrogens is 311 g/mol. The highest BCUT2D eigenvalue weighted by Crippen LogP contribution is 2.34. The molecule has 0 amide bonds. The third-order valence-electron chi connectivity index (χ3n) is 3.73. The van der Waals surface area contributed by atoms with Gasteiger partial charge >= 0.3 is 0 Å². The molecule has 23 heavy (non-hydrogen) atoms. The van der Waals surface area contributed by atoms with Gasteiger partial charge in [0.1, 0.15) is 11.6 Å². The van der Waals surface area contributed by atoms with E-state index in [-0.39, 0.29) is 5.82 Å². The third-order valence-corrected chi connectivity index (χ3v) is 4.05. The molecule has 1 N–H and O–H groups in total. The van der Waals surface area contributed by atoms with E-state index in [0.29, 0.717) is 16.6 Å². The van der Waals surface area contributed by atoms with E-state index in [0.717, 1.165) is 27.7 Å². The molecule has 3 rings (SSSR count). The summed E-state index contributed by atoms with van der Waals surface area (Å²) < 4.78 is 14.2. The van der Waals surface area contributed by atoms with Crippen LogP contribution in [0.4, 0.5) is 10.2 Å². The van der Waals surface area contributed by atoms with Crippen molar-refractivity contribution in [2.45, 2.75) is 26.8 Å². The highest BCUT2D eigenvalue weighted by atomic mass is 35.5. The van der Waals surface area contributed by atoms with Crippen LogP contribution in [-0.2, 0) is 0 Å². The van der Waals surface area contributed by atoms with Crippen molar-refractivity contribution in [1.29, 1.82) is 0 Å². The molecule has 4 heteroatoms. The van der Waals surface area contributed by atoms with Crippen LogP contribution in [0, 0.1) is 12.7 Å². The summed E-state index contributed by atoms with van der Waals surface area (Å²) in [6, 6.07) is 11.0. The molecule has 1 heterocycles. The first-order valence-electron chi connectivity index (χ1n) is 7.57. The van der Waals surface area contributed by atoms with E-state index in [1.54, 1.807) is 12.3 Å². The van der Waals surface area contributed by atoms with Gasteiger partial charge in [-0.3, -0.25) is 0 Å². The Kier molecular flexibility index (Phi) is 4.22. The number of benzene rings is 2. The summed E-state index contributed by atoms with van der Waals surface area (Å²) in [5.74, 6) is 0.538. The van der Waals surface area contributed by atoms with Gasteiger partial charge in [-0.2, -0.15) is 0 Å². The van der Waals surface area contributed by atoms with Gasteiger partial charge in [0.05, 0.1) is 0 Å². The summed E-state index contributed by atoms with van der Waals surface area (Å²) in [7, 11) is 0. The van der Waals surface area contributed by atoms with E-state index in [1.807, 2.05) is 31.2 Å². The van der Waals surface area contributed by atoms with Crippen molar-refractivity contribution in [3.63, 3.8) is 0 Å². The number of pyridine rings is 1. The first-order valence-corrected chi connectivity index (χ1v) is 7.95. The minimum atomic E-state index is -0.244. The minimum absolute atomic E-state index is 0.244. The van der Waals surface area contributed by atoms with Crippen molar-refractivity contribution in [1.82, 2.24) is 4.98 Å². The summed E-state index contributed by atoms with van der Waals surface area (Å²) in [6.45, 7) is 6.00. The van der Waals surface area contributed by atoms with E-state index >= 15 is 0 Å². The molecule has 0 unspecified atom stereocenters. The molecule has 0 fully saturated rings. The van der Waals surface area contributed by atoms with E-state index < -0.39 is 0 Å². The standard InChI is InChI=1S/C19H18ClFN2/c1-11(2)23-18-9-15-14(10-22-18)7-13(8-16(15)20)19-12(3)5-4-6-17(19)21/h4-11H,1-3H3,(H,22,23). The smallest absolute Gasteiger partial charge is 0.131 e. The largest absolute Gasteiger partial charge is 0.368 e. The van der Waals surface area contributed by atoms with E-state index in [1.165, 1.54) is 6.07 Å². The van der Waals surface area contributed by atoms with Gasteiger partial charge in [-0.25, -0.2) is 9.37 Å². The Bertz CT molecular complexity index is 854. The Morgan fingerprint density at radius 3 is 2.65 bits per heavy atom. The van der Waals surface area contributed by atoms with Crippen LogP contribution in [0.15, 0.2) is 42.6 Å². The summed E-state index contributed by atoms with van der Waals surface area (Å²) in [4.78, 5) is 4.40. The van der Waals surface area contributed by atoms with Crippen molar-refractivity contribution < 1.29 is 4.39 Å². The van der Waals surface area contributed by atoms with Gasteiger partial charge in [-0.15, -0.1) is 0 Å². The molecule has 0 saturated carbocycles. The van der Waals surface area contributed by atoms with Crippen LogP contribution in [0.3, 0.4) is 0 Å². The van der Waals surface area contributed by atoms with Crippen molar-refractivity contribution in [3.8, 4) is 11.1 Å². The first kappa shape index (κ1) is 15.8. The second-order valence-electron chi connectivity index (χ2n) is 5.98. The number of hydrogen-bond donors (Lipinski definition) is 1. The van der Waals surface area contributed by atoms with Gasteiger partial charge in [0.15, 0.2) is 0 Å². The number of nitrogens with one attached hydrogen (secondary N) is 1. The Balaban J connectivity index is 2.15. The first-order chi connectivity index (χ1) is 11.0. The topological polar surface area (TPSA) is 24.9 Å². The monoisotopic (exact) mass is 328 g/mol. The maximum atomic E-state index is 14.2. The molecule has 0 bridgehead atoms. The maximum Gasteiger partial charge on any atom is 0.131 e. The molecule has 0 saturated heterocycles. The lowest BCUT2D eigenvalue weighted by molar-refractivity contribution is 0.630. The molecule has 118 valence electrons. The number of aromatic nitrogens is 1. The van der Waals surface area contributed by atoms with Crippen LogP contribution in [0.5, 0.6) is 0 Å². The van der Waals surface area contributed by atoms with E-state index in [9.17, 15) is 4.39 Å². The van der Waals surface area contributed by atoms with Crippen LogP contribution in [0.1, 0.15) is 19.4 Å². The summed E-state index contributed by atoms with van der Waals surface area (Å²) in [5, 5.41) is 5.65. The molecule has 0 radical (unpaired) electrons. The minimum Gasteiger partial charge on any atom is -0.368 e. The van der Waals surface area contributed by atoms with Gasteiger partial charge in [-0.1, -0.05) is 23.7 Å². The molecule has 0 aliphatic heterocycles. The molecule has 0 aliphatic carbocycles. The average Bonchev–Trinajstić information content (AvgIpc) is 2.47. The number of halogens is 2. The highest BCUT2D eigenvalue weighted by molar-refractivity contribution is 6.36. The molecule has 0 aliphatic rings. The predicted octanol–water partition coefficient (Wildman–Crippen LogP) is 5.82. The number of hydrogen-bond acceptors (Lipinski definition) is 2. The van der Waals surface area contributed by atoms with Crippen LogP contribution in [-0.4, -0.2) is 11.0 Å². The number of fused-ring (bicyclic) bond motifs is 1. The lowest BCUT2D eigenvalue weighted by Gasteiger charge is -2.12. The lowest BCUT2D eigenvalue weighted by Crippen LogP contribution is -2.10. The van der Waals surface area contributed by atoms with Gasteiger partial charge in [0.2, 0.25) is 0 Å². The van der Waals surface area contributed by atoms with Gasteiger partial charge in [-0.05, 0) is 56.2 Å². The van der Waals surface area contributed by atoms with Crippen molar-refractivity contribution in [2.24, 2.45) is 0 Å². The highest BCUT2D eigenvalue weighted by Gasteiger charge is 2.12. The van der Waals surface area contributed by atoms with Crippen LogP contribution in [0.2, 0.25) is 5.02 Å². The predicted molar refractivity (Wildman–Crippen MR) is 95.6 cm³/mol. The number of nitrogens with zero attached hydrogens (tertiary/aromatic N) is 1. The zero-order valence-corrected chi connectivity index (χ0v) is 14.1. The number of anilines is 1. The maximum absolute atomic E-state index is 14.2. The molecular formula is C19H18ClFN2. The zero-order valence-electron chi connectivity index (χ0n) is 13.3. The van der Waals surface area contributed by atoms with E-state index in [2.05, 4.69) is 24.1 Å². The van der Waals surface area contributed by atoms with Crippen LogP contribution < -0.4 is 5.32 Å². The fourth-order valence-corrected chi connectivity index (χ4v) is 3.01.